The van der Waals surface area contributed by atoms with Crippen molar-refractivity contribution in [2.45, 2.75) is 19.4 Å². The van der Waals surface area contributed by atoms with Crippen molar-refractivity contribution in [2.24, 2.45) is 5.84 Å². The zero-order chi connectivity index (χ0) is 12.3. The lowest BCUT2D eigenvalue weighted by Crippen LogP contribution is -2.28. The SMILES string of the molecule is C#CCC(NN)c1cc(C)nc2ccccc12. The molecule has 3 nitrogen and oxygen atoms in total. The number of nitrogens with two attached hydrogens (primary N) is 1. The van der Waals surface area contributed by atoms with Crippen LogP contribution in [0.15, 0.2) is 30.3 Å². The second-order valence-corrected chi connectivity index (χ2v) is 4.00. The standard InChI is InChI=1S/C14H15N3/c1-3-6-14(17-15)12-9-10(2)16-13-8-5-4-7-11(12)13/h1,4-5,7-9,14,17H,6,15H2,2H3. The molecule has 3 heteroatoms. The van der Waals surface area contributed by atoms with Gasteiger partial charge in [-0.3, -0.25) is 16.3 Å². The summed E-state index contributed by atoms with van der Waals surface area (Å²) in [6.45, 7) is 1.97. The van der Waals surface area contributed by atoms with E-state index in [4.69, 9.17) is 12.3 Å². The number of benzene rings is 1. The lowest BCUT2D eigenvalue weighted by Gasteiger charge is -2.16. The van der Waals surface area contributed by atoms with Crippen molar-refractivity contribution in [1.82, 2.24) is 10.4 Å². The van der Waals surface area contributed by atoms with Gasteiger partial charge in [0.25, 0.3) is 0 Å². The van der Waals surface area contributed by atoms with Gasteiger partial charge in [0.2, 0.25) is 0 Å². The number of aryl methyl sites for hydroxylation is 1. The van der Waals surface area contributed by atoms with Crippen molar-refractivity contribution in [3.05, 3.63) is 41.6 Å². The van der Waals surface area contributed by atoms with E-state index in [-0.39, 0.29) is 6.04 Å². The average Bonchev–Trinajstić information content (AvgIpc) is 2.35. The number of aromatic nitrogens is 1. The van der Waals surface area contributed by atoms with Crippen LogP contribution >= 0.6 is 0 Å². The van der Waals surface area contributed by atoms with Crippen molar-refractivity contribution >= 4 is 10.9 Å². The van der Waals surface area contributed by atoms with Crippen molar-refractivity contribution in [1.29, 1.82) is 0 Å². The first kappa shape index (κ1) is 11.6. The van der Waals surface area contributed by atoms with Crippen molar-refractivity contribution in [3.63, 3.8) is 0 Å². The topological polar surface area (TPSA) is 50.9 Å². The van der Waals surface area contributed by atoms with Crippen LogP contribution in [0.1, 0.15) is 23.7 Å². The summed E-state index contributed by atoms with van der Waals surface area (Å²) in [7, 11) is 0. The number of para-hydroxylation sites is 1. The van der Waals surface area contributed by atoms with E-state index >= 15 is 0 Å². The normalized spacial score (nSPS) is 12.3. The van der Waals surface area contributed by atoms with E-state index in [0.29, 0.717) is 6.42 Å². The number of nitrogens with zero attached hydrogens (tertiary/aromatic N) is 1. The molecule has 0 aliphatic carbocycles. The molecule has 1 aromatic heterocycles. The van der Waals surface area contributed by atoms with Crippen LogP contribution in [0.25, 0.3) is 10.9 Å². The molecule has 1 heterocycles. The lowest BCUT2D eigenvalue weighted by atomic mass is 9.99. The number of fused-ring (bicyclic) bond motifs is 1. The number of hydrogen-bond acceptors (Lipinski definition) is 3. The molecule has 0 saturated carbocycles. The van der Waals surface area contributed by atoms with E-state index in [9.17, 15) is 0 Å². The highest BCUT2D eigenvalue weighted by atomic mass is 15.2. The van der Waals surface area contributed by atoms with Gasteiger partial charge in [-0.15, -0.1) is 12.3 Å². The molecule has 1 aromatic carbocycles. The van der Waals surface area contributed by atoms with E-state index in [1.54, 1.807) is 0 Å². The summed E-state index contributed by atoms with van der Waals surface area (Å²) in [4.78, 5) is 4.49. The predicted molar refractivity (Wildman–Crippen MR) is 70.0 cm³/mol. The minimum atomic E-state index is -0.0356. The molecule has 0 saturated heterocycles. The zero-order valence-corrected chi connectivity index (χ0v) is 9.77. The van der Waals surface area contributed by atoms with Gasteiger partial charge in [-0.2, -0.15) is 0 Å². The maximum atomic E-state index is 5.57. The number of rotatable bonds is 3. The van der Waals surface area contributed by atoms with Crippen LogP contribution < -0.4 is 11.3 Å². The maximum absolute atomic E-state index is 5.57. The molecule has 17 heavy (non-hydrogen) atoms. The molecule has 0 aliphatic rings. The number of hydrazine groups is 1. The molecular formula is C14H15N3. The number of pyridine rings is 1. The third-order valence-corrected chi connectivity index (χ3v) is 2.77. The van der Waals surface area contributed by atoms with E-state index in [1.165, 1.54) is 0 Å². The molecule has 3 N–H and O–H groups in total. The monoisotopic (exact) mass is 225 g/mol. The smallest absolute Gasteiger partial charge is 0.0708 e. The summed E-state index contributed by atoms with van der Waals surface area (Å²) in [6.07, 6.45) is 5.92. The zero-order valence-electron chi connectivity index (χ0n) is 9.77. The van der Waals surface area contributed by atoms with Crippen LogP contribution in [0.5, 0.6) is 0 Å². The van der Waals surface area contributed by atoms with Gasteiger partial charge in [0, 0.05) is 17.5 Å². The molecule has 0 bridgehead atoms. The van der Waals surface area contributed by atoms with E-state index < -0.39 is 0 Å². The highest BCUT2D eigenvalue weighted by Gasteiger charge is 2.12. The quantitative estimate of drug-likeness (QED) is 0.477. The summed E-state index contributed by atoms with van der Waals surface area (Å²) in [5.74, 6) is 8.20. The van der Waals surface area contributed by atoms with Gasteiger partial charge < -0.3 is 0 Å². The van der Waals surface area contributed by atoms with Crippen molar-refractivity contribution < 1.29 is 0 Å². The Morgan fingerprint density at radius 2 is 2.24 bits per heavy atom. The molecular weight excluding hydrogens is 210 g/mol. The molecule has 0 radical (unpaired) electrons. The van der Waals surface area contributed by atoms with Gasteiger partial charge >= 0.3 is 0 Å². The minimum absolute atomic E-state index is 0.0356. The molecule has 86 valence electrons. The Kier molecular flexibility index (Phi) is 3.38. The van der Waals surface area contributed by atoms with Crippen LogP contribution in [0.4, 0.5) is 0 Å². The molecule has 0 spiro atoms. The molecule has 0 amide bonds. The molecule has 2 aromatic rings. The number of nitrogens with one attached hydrogen (secondary N) is 1. The second-order valence-electron chi connectivity index (χ2n) is 4.00. The third kappa shape index (κ3) is 2.28. The predicted octanol–water partition coefficient (Wildman–Crippen LogP) is 2.07. The Balaban J connectivity index is 2.63. The minimum Gasteiger partial charge on any atom is -0.271 e. The third-order valence-electron chi connectivity index (χ3n) is 2.77. The highest BCUT2D eigenvalue weighted by molar-refractivity contribution is 5.82. The Morgan fingerprint density at radius 1 is 1.47 bits per heavy atom. The van der Waals surface area contributed by atoms with Gasteiger partial charge in [-0.25, -0.2) is 0 Å². The van der Waals surface area contributed by atoms with Crippen molar-refractivity contribution in [3.8, 4) is 12.3 Å². The fourth-order valence-electron chi connectivity index (χ4n) is 2.01. The summed E-state index contributed by atoms with van der Waals surface area (Å²) >= 11 is 0. The first-order chi connectivity index (χ1) is 8.26. The first-order valence-electron chi connectivity index (χ1n) is 5.52. The van der Waals surface area contributed by atoms with E-state index in [2.05, 4.69) is 16.3 Å². The van der Waals surface area contributed by atoms with Gasteiger partial charge in [0.15, 0.2) is 0 Å². The van der Waals surface area contributed by atoms with E-state index in [1.807, 2.05) is 37.3 Å². The van der Waals surface area contributed by atoms with Gasteiger partial charge in [0.1, 0.15) is 0 Å². The Labute approximate surface area is 101 Å². The highest BCUT2D eigenvalue weighted by Crippen LogP contribution is 2.25. The Bertz CT molecular complexity index is 569. The number of terminal acetylenes is 1. The summed E-state index contributed by atoms with van der Waals surface area (Å²) in [5.41, 5.74) is 5.81. The molecule has 2 rings (SSSR count). The maximum Gasteiger partial charge on any atom is 0.0708 e. The second kappa shape index (κ2) is 4.96. The number of hydrogen-bond donors (Lipinski definition) is 2. The Hall–Kier alpha value is -1.89. The lowest BCUT2D eigenvalue weighted by molar-refractivity contribution is 0.571. The average molecular weight is 225 g/mol. The fourth-order valence-corrected chi connectivity index (χ4v) is 2.01. The van der Waals surface area contributed by atoms with Gasteiger partial charge in [0.05, 0.1) is 11.6 Å². The summed E-state index contributed by atoms with van der Waals surface area (Å²) in [6, 6.07) is 10.0. The summed E-state index contributed by atoms with van der Waals surface area (Å²) < 4.78 is 0. The van der Waals surface area contributed by atoms with E-state index in [0.717, 1.165) is 22.2 Å². The first-order valence-corrected chi connectivity index (χ1v) is 5.52. The van der Waals surface area contributed by atoms with Crippen LogP contribution in [-0.4, -0.2) is 4.98 Å². The summed E-state index contributed by atoms with van der Waals surface area (Å²) in [5, 5.41) is 1.09. The van der Waals surface area contributed by atoms with Gasteiger partial charge in [-0.1, -0.05) is 18.2 Å². The largest absolute Gasteiger partial charge is 0.271 e. The molecule has 0 aliphatic heterocycles. The van der Waals surface area contributed by atoms with Crippen LogP contribution in [0, 0.1) is 19.3 Å². The van der Waals surface area contributed by atoms with Crippen molar-refractivity contribution in [2.75, 3.05) is 0 Å². The molecule has 0 fully saturated rings. The van der Waals surface area contributed by atoms with Crippen LogP contribution in [-0.2, 0) is 0 Å². The van der Waals surface area contributed by atoms with Gasteiger partial charge in [-0.05, 0) is 24.6 Å². The molecule has 1 atom stereocenters. The fraction of sp³-hybridized carbons (Fsp3) is 0.214. The van der Waals surface area contributed by atoms with Crippen LogP contribution in [0.3, 0.4) is 0 Å². The molecule has 1 unspecified atom stereocenters. The van der Waals surface area contributed by atoms with Crippen LogP contribution in [0.2, 0.25) is 0 Å². The Morgan fingerprint density at radius 3 is 2.94 bits per heavy atom.